The second kappa shape index (κ2) is 13.9. The highest BCUT2D eigenvalue weighted by Crippen LogP contribution is 2.43. The highest BCUT2D eigenvalue weighted by molar-refractivity contribution is 7.01. The Labute approximate surface area is 385 Å². The number of furan rings is 1. The Balaban J connectivity index is 1.01. The van der Waals surface area contributed by atoms with Gasteiger partial charge in [-0.1, -0.05) is 163 Å². The van der Waals surface area contributed by atoms with Gasteiger partial charge in [-0.25, -0.2) is 0 Å². The number of benzene rings is 10. The van der Waals surface area contributed by atoms with Crippen LogP contribution in [0.5, 0.6) is 23.0 Å². The Kier molecular flexibility index (Phi) is 7.61. The molecule has 0 N–H and O–H groups in total. The molecule has 0 spiro atoms. The van der Waals surface area contributed by atoms with Gasteiger partial charge in [0.05, 0.1) is 22.1 Å². The van der Waals surface area contributed by atoms with Crippen molar-refractivity contribution in [1.82, 2.24) is 9.13 Å². The Morgan fingerprint density at radius 2 is 0.746 bits per heavy atom. The van der Waals surface area contributed by atoms with Gasteiger partial charge in [-0.2, -0.15) is 0 Å². The molecule has 0 unspecified atom stereocenters. The van der Waals surface area contributed by atoms with Crippen molar-refractivity contribution in [2.24, 2.45) is 0 Å². The standard InChI is InChI=1S/C60H36B2N2O3/c1-8-28-48-41(21-1)42-22-2-9-29-49(42)63(48)39-19-15-17-37(35-39)61-46-26-6-13-33-53(46)66-59-56(61)55-45-25-5-12-32-52(45)65-58(55)57-60(59)67-54-34-14-7-27-47(54)62(57)38-18-16-20-40(36-38)64-50-30-10-3-23-43(50)44-24-4-11-31-51(44)64/h1-36H. The molecule has 10 aromatic carbocycles. The van der Waals surface area contributed by atoms with Crippen LogP contribution in [0.2, 0.25) is 0 Å². The van der Waals surface area contributed by atoms with Gasteiger partial charge >= 0.3 is 0 Å². The molecule has 5 heterocycles. The first-order chi connectivity index (χ1) is 33.3. The van der Waals surface area contributed by atoms with Crippen molar-refractivity contribution in [3.8, 4) is 34.4 Å². The van der Waals surface area contributed by atoms with E-state index in [2.05, 4.69) is 228 Å². The molecule has 3 aromatic heterocycles. The molecule has 0 saturated carbocycles. The molecule has 0 saturated heterocycles. The molecule has 2 aliphatic heterocycles. The maximum atomic E-state index is 7.27. The van der Waals surface area contributed by atoms with Crippen LogP contribution in [0.3, 0.4) is 0 Å². The van der Waals surface area contributed by atoms with Crippen molar-refractivity contribution in [2.75, 3.05) is 0 Å². The molecule has 0 aliphatic carbocycles. The van der Waals surface area contributed by atoms with Gasteiger partial charge in [0, 0.05) is 49.2 Å². The van der Waals surface area contributed by atoms with Crippen molar-refractivity contribution >= 4 is 112 Å². The fraction of sp³-hybridized carbons (Fsp3) is 0. The Morgan fingerprint density at radius 3 is 1.25 bits per heavy atom. The van der Waals surface area contributed by atoms with Gasteiger partial charge in [0.25, 0.3) is 13.4 Å². The van der Waals surface area contributed by atoms with E-state index in [1.807, 2.05) is 0 Å². The molecule has 5 nitrogen and oxygen atoms in total. The van der Waals surface area contributed by atoms with Gasteiger partial charge in [-0.05, 0) is 83.1 Å². The SMILES string of the molecule is c1cc(B2c3ccccc3Oc3c4c(c5c(oc6ccccc65)c32)B(c2cccc(-n3c5ccccc5c5ccccc53)c2)c2ccccc2O4)cc(-n2c3ccccc3c3ccccc32)c1. The highest BCUT2D eigenvalue weighted by Gasteiger charge is 2.44. The number of nitrogens with zero attached hydrogens (tertiary/aromatic N) is 2. The van der Waals surface area contributed by atoms with Crippen LogP contribution in [-0.4, -0.2) is 22.6 Å². The summed E-state index contributed by atoms with van der Waals surface area (Å²) in [6.07, 6.45) is 0. The summed E-state index contributed by atoms with van der Waals surface area (Å²) >= 11 is 0. The summed E-state index contributed by atoms with van der Waals surface area (Å²) in [5.41, 5.74) is 14.9. The average Bonchev–Trinajstić information content (AvgIpc) is 4.06. The summed E-state index contributed by atoms with van der Waals surface area (Å²) in [6, 6.07) is 78.2. The number of hydrogen-bond donors (Lipinski definition) is 0. The zero-order valence-corrected chi connectivity index (χ0v) is 36.1. The van der Waals surface area contributed by atoms with Crippen LogP contribution < -0.4 is 42.3 Å². The lowest BCUT2D eigenvalue weighted by atomic mass is 9.33. The van der Waals surface area contributed by atoms with E-state index in [1.54, 1.807) is 0 Å². The molecule has 7 heteroatoms. The van der Waals surface area contributed by atoms with Crippen LogP contribution in [-0.2, 0) is 0 Å². The molecule has 0 radical (unpaired) electrons. The summed E-state index contributed by atoms with van der Waals surface area (Å²) in [7, 11) is 0. The quantitative estimate of drug-likeness (QED) is 0.166. The number of fused-ring (bicyclic) bond motifs is 16. The number of ether oxygens (including phenoxy) is 2. The third-order valence-electron chi connectivity index (χ3n) is 14.3. The smallest absolute Gasteiger partial charge is 0.256 e. The van der Waals surface area contributed by atoms with Gasteiger partial charge in [0.2, 0.25) is 0 Å². The molecular weight excluding hydrogens is 818 g/mol. The highest BCUT2D eigenvalue weighted by atomic mass is 16.5. The summed E-state index contributed by atoms with van der Waals surface area (Å²) < 4.78 is 26.5. The number of hydrogen-bond acceptors (Lipinski definition) is 3. The molecule has 0 bridgehead atoms. The minimum absolute atomic E-state index is 0.223. The van der Waals surface area contributed by atoms with Crippen LogP contribution in [0.15, 0.2) is 223 Å². The minimum Gasteiger partial charge on any atom is -0.456 e. The van der Waals surface area contributed by atoms with E-state index in [0.717, 1.165) is 83.3 Å². The first-order valence-corrected chi connectivity index (χ1v) is 23.0. The molecule has 15 rings (SSSR count). The van der Waals surface area contributed by atoms with Gasteiger partial charge < -0.3 is 23.0 Å². The lowest BCUT2D eigenvalue weighted by molar-refractivity contribution is 0.424. The minimum atomic E-state index is -0.251. The topological polar surface area (TPSA) is 41.5 Å². The Bertz CT molecular complexity index is 4110. The van der Waals surface area contributed by atoms with Crippen LogP contribution in [0, 0.1) is 0 Å². The van der Waals surface area contributed by atoms with Gasteiger partial charge in [0.1, 0.15) is 22.7 Å². The van der Waals surface area contributed by atoms with Crippen molar-refractivity contribution in [3.63, 3.8) is 0 Å². The number of aromatic nitrogens is 2. The van der Waals surface area contributed by atoms with Crippen LogP contribution >= 0.6 is 0 Å². The van der Waals surface area contributed by atoms with E-state index in [9.17, 15) is 0 Å². The van der Waals surface area contributed by atoms with Crippen LogP contribution in [0.1, 0.15) is 0 Å². The summed E-state index contributed by atoms with van der Waals surface area (Å²) in [5, 5.41) is 7.01. The molecule has 0 amide bonds. The summed E-state index contributed by atoms with van der Waals surface area (Å²) in [6.45, 7) is -0.473. The van der Waals surface area contributed by atoms with Gasteiger partial charge in [-0.3, -0.25) is 0 Å². The van der Waals surface area contributed by atoms with Crippen molar-refractivity contribution in [3.05, 3.63) is 218 Å². The molecular formula is C60H36B2N2O3. The first-order valence-electron chi connectivity index (χ1n) is 23.0. The normalized spacial score (nSPS) is 13.0. The Hall–Kier alpha value is -8.67. The molecule has 0 atom stereocenters. The van der Waals surface area contributed by atoms with Crippen LogP contribution in [0.4, 0.5) is 0 Å². The third kappa shape index (κ3) is 5.17. The van der Waals surface area contributed by atoms with Crippen molar-refractivity contribution in [1.29, 1.82) is 0 Å². The largest absolute Gasteiger partial charge is 0.456 e. The third-order valence-corrected chi connectivity index (χ3v) is 14.3. The molecule has 2 aliphatic rings. The molecule has 0 fully saturated rings. The monoisotopic (exact) mass is 854 g/mol. The Morgan fingerprint density at radius 1 is 0.343 bits per heavy atom. The van der Waals surface area contributed by atoms with Crippen molar-refractivity contribution < 1.29 is 13.9 Å². The second-order valence-electron chi connectivity index (χ2n) is 17.9. The summed E-state index contributed by atoms with van der Waals surface area (Å²) in [4.78, 5) is 0. The summed E-state index contributed by atoms with van der Waals surface area (Å²) in [5.74, 6) is 3.01. The van der Waals surface area contributed by atoms with Crippen molar-refractivity contribution in [2.45, 2.75) is 0 Å². The van der Waals surface area contributed by atoms with Gasteiger partial charge in [0.15, 0.2) is 11.5 Å². The molecule has 310 valence electrons. The average molecular weight is 855 g/mol. The second-order valence-corrected chi connectivity index (χ2v) is 17.9. The maximum absolute atomic E-state index is 7.27. The maximum Gasteiger partial charge on any atom is 0.256 e. The van der Waals surface area contributed by atoms with E-state index >= 15 is 0 Å². The lowest BCUT2D eigenvalue weighted by Crippen LogP contribution is -2.58. The molecule has 13 aromatic rings. The van der Waals surface area contributed by atoms with E-state index in [4.69, 9.17) is 13.9 Å². The fourth-order valence-electron chi connectivity index (χ4n) is 11.6. The van der Waals surface area contributed by atoms with Gasteiger partial charge in [-0.15, -0.1) is 0 Å². The van der Waals surface area contributed by atoms with Crippen LogP contribution in [0.25, 0.3) is 76.9 Å². The predicted octanol–water partition coefficient (Wildman–Crippen LogP) is 11.0. The number of para-hydroxylation sites is 7. The van der Waals surface area contributed by atoms with E-state index in [1.165, 1.54) is 43.6 Å². The van der Waals surface area contributed by atoms with E-state index in [-0.39, 0.29) is 13.4 Å². The first kappa shape index (κ1) is 36.6. The van der Waals surface area contributed by atoms with E-state index < -0.39 is 0 Å². The fourth-order valence-corrected chi connectivity index (χ4v) is 11.6. The zero-order chi connectivity index (χ0) is 43.7. The zero-order valence-electron chi connectivity index (χ0n) is 36.1. The number of rotatable bonds is 4. The molecule has 67 heavy (non-hydrogen) atoms. The lowest BCUT2D eigenvalue weighted by Gasteiger charge is -2.34. The van der Waals surface area contributed by atoms with E-state index in [0.29, 0.717) is 5.75 Å². The predicted molar refractivity (Wildman–Crippen MR) is 278 cm³/mol.